The Labute approximate surface area is 105 Å². The Bertz CT molecular complexity index is 354. The van der Waals surface area contributed by atoms with Crippen LogP contribution >= 0.6 is 0 Å². The smallest absolute Gasteiger partial charge is 0.125 e. The van der Waals surface area contributed by atoms with E-state index in [1.54, 1.807) is 0 Å². The molecule has 0 aliphatic heterocycles. The fraction of sp³-hybridized carbons (Fsp3) is 0.600. The van der Waals surface area contributed by atoms with Crippen LogP contribution in [0.15, 0.2) is 24.3 Å². The quantitative estimate of drug-likeness (QED) is 0.844. The third-order valence-corrected chi connectivity index (χ3v) is 2.64. The van der Waals surface area contributed by atoms with Gasteiger partial charge < -0.3 is 9.84 Å². The van der Waals surface area contributed by atoms with Crippen LogP contribution in [-0.4, -0.2) is 11.2 Å². The highest BCUT2D eigenvalue weighted by Gasteiger charge is 2.27. The molecule has 0 heterocycles. The van der Waals surface area contributed by atoms with E-state index in [1.807, 2.05) is 45.0 Å². The summed E-state index contributed by atoms with van der Waals surface area (Å²) < 4.78 is 5.75. The number of aliphatic hydroxyl groups is 1. The van der Waals surface area contributed by atoms with Crippen molar-refractivity contribution in [3.8, 4) is 5.75 Å². The summed E-state index contributed by atoms with van der Waals surface area (Å²) in [7, 11) is 0. The van der Waals surface area contributed by atoms with Gasteiger partial charge in [0.1, 0.15) is 5.75 Å². The number of para-hydroxylation sites is 1. The zero-order chi connectivity index (χ0) is 13.1. The molecule has 0 bridgehead atoms. The highest BCUT2D eigenvalue weighted by molar-refractivity contribution is 5.37. The van der Waals surface area contributed by atoms with Gasteiger partial charge in [-0.1, -0.05) is 32.0 Å². The van der Waals surface area contributed by atoms with Gasteiger partial charge in [0.25, 0.3) is 0 Å². The summed E-state index contributed by atoms with van der Waals surface area (Å²) >= 11 is 0. The van der Waals surface area contributed by atoms with Crippen molar-refractivity contribution in [2.24, 2.45) is 5.92 Å². The Morgan fingerprint density at radius 2 is 1.76 bits per heavy atom. The third kappa shape index (κ3) is 4.04. The fourth-order valence-electron chi connectivity index (χ4n) is 2.17. The molecule has 1 aromatic carbocycles. The number of hydrogen-bond acceptors (Lipinski definition) is 2. The Balaban J connectivity index is 3.03. The molecule has 1 N–H and O–H groups in total. The first-order valence-corrected chi connectivity index (χ1v) is 6.31. The zero-order valence-corrected chi connectivity index (χ0v) is 11.5. The molecule has 1 aromatic rings. The van der Waals surface area contributed by atoms with E-state index >= 15 is 0 Å². The fourth-order valence-corrected chi connectivity index (χ4v) is 2.17. The summed E-state index contributed by atoms with van der Waals surface area (Å²) in [5, 5.41) is 10.6. The van der Waals surface area contributed by atoms with Gasteiger partial charge in [0.2, 0.25) is 0 Å². The van der Waals surface area contributed by atoms with Crippen molar-refractivity contribution < 1.29 is 9.84 Å². The zero-order valence-electron chi connectivity index (χ0n) is 11.5. The lowest BCUT2D eigenvalue weighted by atomic mass is 9.87. The molecule has 2 nitrogen and oxygen atoms in total. The van der Waals surface area contributed by atoms with Crippen molar-refractivity contribution in [1.82, 2.24) is 0 Å². The van der Waals surface area contributed by atoms with E-state index in [0.717, 1.165) is 17.7 Å². The molecular formula is C15H24O2. The second-order valence-corrected chi connectivity index (χ2v) is 5.53. The first-order chi connectivity index (χ1) is 7.83. The van der Waals surface area contributed by atoms with Gasteiger partial charge in [-0.15, -0.1) is 0 Å². The Hall–Kier alpha value is -1.02. The van der Waals surface area contributed by atoms with E-state index in [9.17, 15) is 5.11 Å². The molecule has 1 unspecified atom stereocenters. The number of ether oxygens (including phenoxy) is 1. The average molecular weight is 236 g/mol. The minimum Gasteiger partial charge on any atom is -0.491 e. The monoisotopic (exact) mass is 236 g/mol. The first kappa shape index (κ1) is 14.0. The number of rotatable bonds is 5. The summed E-state index contributed by atoms with van der Waals surface area (Å²) in [4.78, 5) is 0. The molecule has 17 heavy (non-hydrogen) atoms. The largest absolute Gasteiger partial charge is 0.491 e. The molecule has 0 aromatic heterocycles. The van der Waals surface area contributed by atoms with Gasteiger partial charge in [0, 0.05) is 5.56 Å². The van der Waals surface area contributed by atoms with E-state index in [2.05, 4.69) is 13.8 Å². The molecule has 0 saturated heterocycles. The molecule has 1 atom stereocenters. The Morgan fingerprint density at radius 1 is 1.18 bits per heavy atom. The molecule has 0 fully saturated rings. The predicted octanol–water partition coefficient (Wildman–Crippen LogP) is 3.73. The first-order valence-electron chi connectivity index (χ1n) is 6.31. The molecule has 2 heteroatoms. The van der Waals surface area contributed by atoms with Crippen LogP contribution in [-0.2, 0) is 5.60 Å². The van der Waals surface area contributed by atoms with Crippen LogP contribution in [0.5, 0.6) is 5.75 Å². The Kier molecular flexibility index (Phi) is 4.58. The molecule has 0 amide bonds. The van der Waals surface area contributed by atoms with Crippen LogP contribution in [0.25, 0.3) is 0 Å². The average Bonchev–Trinajstić information content (AvgIpc) is 2.15. The lowest BCUT2D eigenvalue weighted by molar-refractivity contribution is 0.0310. The predicted molar refractivity (Wildman–Crippen MR) is 71.2 cm³/mol. The van der Waals surface area contributed by atoms with Gasteiger partial charge >= 0.3 is 0 Å². The van der Waals surface area contributed by atoms with Gasteiger partial charge in [0.05, 0.1) is 11.7 Å². The SMILES string of the molecule is CC(C)CC(C)(O)c1ccccc1OC(C)C. The minimum absolute atomic E-state index is 0.117. The van der Waals surface area contributed by atoms with Crippen LogP contribution in [0.1, 0.15) is 46.6 Å². The minimum atomic E-state index is -0.834. The second kappa shape index (κ2) is 5.54. The second-order valence-electron chi connectivity index (χ2n) is 5.53. The van der Waals surface area contributed by atoms with Crippen molar-refractivity contribution in [3.05, 3.63) is 29.8 Å². The van der Waals surface area contributed by atoms with E-state index in [0.29, 0.717) is 5.92 Å². The summed E-state index contributed by atoms with van der Waals surface area (Å²) in [6.45, 7) is 10.1. The number of benzene rings is 1. The number of hydrogen-bond donors (Lipinski definition) is 1. The highest BCUT2D eigenvalue weighted by atomic mass is 16.5. The van der Waals surface area contributed by atoms with Crippen LogP contribution in [0.3, 0.4) is 0 Å². The highest BCUT2D eigenvalue weighted by Crippen LogP contribution is 2.34. The molecule has 0 aliphatic rings. The van der Waals surface area contributed by atoms with Crippen LogP contribution in [0.4, 0.5) is 0 Å². The maximum Gasteiger partial charge on any atom is 0.125 e. The van der Waals surface area contributed by atoms with E-state index < -0.39 is 5.60 Å². The van der Waals surface area contributed by atoms with E-state index in [4.69, 9.17) is 4.74 Å². The lowest BCUT2D eigenvalue weighted by Crippen LogP contribution is -2.25. The van der Waals surface area contributed by atoms with Crippen molar-refractivity contribution in [2.75, 3.05) is 0 Å². The van der Waals surface area contributed by atoms with Gasteiger partial charge in [-0.25, -0.2) is 0 Å². The molecule has 0 radical (unpaired) electrons. The van der Waals surface area contributed by atoms with Crippen LogP contribution in [0, 0.1) is 5.92 Å². The third-order valence-electron chi connectivity index (χ3n) is 2.64. The molecule has 0 spiro atoms. The molecule has 1 rings (SSSR count). The van der Waals surface area contributed by atoms with Crippen molar-refractivity contribution in [2.45, 2.75) is 52.7 Å². The van der Waals surface area contributed by atoms with Crippen LogP contribution < -0.4 is 4.74 Å². The summed E-state index contributed by atoms with van der Waals surface area (Å²) in [5.41, 5.74) is 0.0435. The van der Waals surface area contributed by atoms with Gasteiger partial charge in [0.15, 0.2) is 0 Å². The van der Waals surface area contributed by atoms with Gasteiger partial charge in [-0.05, 0) is 39.2 Å². The molecular weight excluding hydrogens is 212 g/mol. The van der Waals surface area contributed by atoms with Crippen molar-refractivity contribution in [1.29, 1.82) is 0 Å². The lowest BCUT2D eigenvalue weighted by Gasteiger charge is -2.28. The summed E-state index contributed by atoms with van der Waals surface area (Å²) in [6.07, 6.45) is 0.844. The van der Waals surface area contributed by atoms with Crippen molar-refractivity contribution in [3.63, 3.8) is 0 Å². The maximum atomic E-state index is 10.6. The van der Waals surface area contributed by atoms with Crippen molar-refractivity contribution >= 4 is 0 Å². The van der Waals surface area contributed by atoms with E-state index in [1.165, 1.54) is 0 Å². The normalized spacial score (nSPS) is 15.1. The van der Waals surface area contributed by atoms with Crippen LogP contribution in [0.2, 0.25) is 0 Å². The van der Waals surface area contributed by atoms with Gasteiger partial charge in [-0.3, -0.25) is 0 Å². The van der Waals surface area contributed by atoms with Gasteiger partial charge in [-0.2, -0.15) is 0 Å². The summed E-state index contributed by atoms with van der Waals surface area (Å²) in [5.74, 6) is 1.23. The molecule has 96 valence electrons. The maximum absolute atomic E-state index is 10.6. The van der Waals surface area contributed by atoms with E-state index in [-0.39, 0.29) is 6.10 Å². The molecule has 0 aliphatic carbocycles. The molecule has 0 saturated carbocycles. The Morgan fingerprint density at radius 3 is 2.29 bits per heavy atom. The standard InChI is InChI=1S/C15H24O2/c1-11(2)10-15(5,16)13-8-6-7-9-14(13)17-12(3)4/h6-9,11-12,16H,10H2,1-5H3. The topological polar surface area (TPSA) is 29.5 Å². The summed E-state index contributed by atoms with van der Waals surface area (Å²) in [6, 6.07) is 7.74.